The van der Waals surface area contributed by atoms with Gasteiger partial charge in [0.25, 0.3) is 0 Å². The molecule has 5 heteroatoms. The first-order valence-corrected chi connectivity index (χ1v) is 13.3. The Morgan fingerprint density at radius 1 is 1.16 bits per heavy atom. The largest absolute Gasteiger partial charge is 0.398 e. The highest BCUT2D eigenvalue weighted by Gasteiger charge is 2.18. The highest BCUT2D eigenvalue weighted by molar-refractivity contribution is 5.98. The van der Waals surface area contributed by atoms with E-state index in [0.717, 1.165) is 36.7 Å². The molecule has 1 aromatic rings. The Balaban J connectivity index is 0.00000326. The number of carbonyl (C=O) groups is 2. The van der Waals surface area contributed by atoms with Crippen molar-refractivity contribution < 1.29 is 9.59 Å². The Bertz CT molecular complexity index is 1060. The molecule has 0 aromatic heterocycles. The second kappa shape index (κ2) is 20.4. The number of aldehydes is 1. The van der Waals surface area contributed by atoms with Crippen LogP contribution in [0.5, 0.6) is 0 Å². The standard InChI is InChI=1S/C30H36N2O2.C2H6.CH5N/c1-5-7-10-13-23(4)17-25(6-2)30-26(21-33)19-27(20-28(30)31)32-29(34)18-24-15-12-9-8-11-14-22(3)16-24;2*1-2/h5-11,13-14,17,19-22,24H,1-2,12,15-16,18,31H2,3-4H3,(H,32,34);1-2H3;2H2,1H3/b9-8-,10-7-,14-11-,23-13+,25-17+;;. The Labute approximate surface area is 230 Å². The molecule has 0 heterocycles. The van der Waals surface area contributed by atoms with Crippen molar-refractivity contribution in [2.24, 2.45) is 17.6 Å². The summed E-state index contributed by atoms with van der Waals surface area (Å²) in [5, 5.41) is 2.94. The van der Waals surface area contributed by atoms with Crippen LogP contribution in [0.1, 0.15) is 69.3 Å². The SMILES string of the molecule is C=C\C=C/C=C(C)/C=C(\C=C)c1c(N)cc(NC(=O)CC2CC/C=C\C=C/C(C)C2)cc1C=O.CC.CN. The molecular weight excluding hydrogens is 470 g/mol. The number of nitrogens with one attached hydrogen (secondary N) is 1. The van der Waals surface area contributed by atoms with E-state index >= 15 is 0 Å². The number of hydrogen-bond donors (Lipinski definition) is 3. The smallest absolute Gasteiger partial charge is 0.224 e. The molecule has 2 unspecified atom stereocenters. The van der Waals surface area contributed by atoms with Gasteiger partial charge < -0.3 is 16.8 Å². The summed E-state index contributed by atoms with van der Waals surface area (Å²) >= 11 is 0. The van der Waals surface area contributed by atoms with Crippen LogP contribution in [0, 0.1) is 11.8 Å². The molecule has 0 aliphatic heterocycles. The number of nitrogen functional groups attached to an aromatic ring is 1. The molecule has 0 saturated heterocycles. The van der Waals surface area contributed by atoms with Crippen LogP contribution in [0.2, 0.25) is 0 Å². The first-order chi connectivity index (χ1) is 18.4. The maximum atomic E-state index is 12.8. The van der Waals surface area contributed by atoms with Gasteiger partial charge in [-0.25, -0.2) is 0 Å². The van der Waals surface area contributed by atoms with Crippen molar-refractivity contribution in [1.82, 2.24) is 0 Å². The van der Waals surface area contributed by atoms with Crippen molar-refractivity contribution >= 4 is 29.1 Å². The molecule has 1 aromatic carbocycles. The van der Waals surface area contributed by atoms with Gasteiger partial charge in [-0.2, -0.15) is 0 Å². The highest BCUT2D eigenvalue weighted by atomic mass is 16.1. The second-order valence-corrected chi connectivity index (χ2v) is 8.70. The van der Waals surface area contributed by atoms with Gasteiger partial charge in [0.2, 0.25) is 5.91 Å². The van der Waals surface area contributed by atoms with Crippen LogP contribution in [0.3, 0.4) is 0 Å². The minimum absolute atomic E-state index is 0.0688. The van der Waals surface area contributed by atoms with Gasteiger partial charge in [-0.15, -0.1) is 0 Å². The molecule has 0 saturated carbocycles. The van der Waals surface area contributed by atoms with Crippen molar-refractivity contribution in [3.05, 3.63) is 103 Å². The van der Waals surface area contributed by atoms with Crippen molar-refractivity contribution in [3.8, 4) is 0 Å². The van der Waals surface area contributed by atoms with Crippen LogP contribution < -0.4 is 16.8 Å². The van der Waals surface area contributed by atoms with E-state index in [1.165, 1.54) is 7.05 Å². The molecule has 2 atom stereocenters. The van der Waals surface area contributed by atoms with Gasteiger partial charge in [0, 0.05) is 28.9 Å². The van der Waals surface area contributed by atoms with E-state index < -0.39 is 0 Å². The quantitative estimate of drug-likeness (QED) is 0.177. The summed E-state index contributed by atoms with van der Waals surface area (Å²) in [5.41, 5.74) is 14.5. The van der Waals surface area contributed by atoms with Crippen molar-refractivity contribution in [2.45, 2.75) is 53.4 Å². The fraction of sp³-hybridized carbons (Fsp3) is 0.333. The van der Waals surface area contributed by atoms with E-state index in [-0.39, 0.29) is 5.91 Å². The van der Waals surface area contributed by atoms with Gasteiger partial charge in [-0.1, -0.05) is 100 Å². The molecule has 1 amide bonds. The predicted octanol–water partition coefficient (Wildman–Crippen LogP) is 7.82. The van der Waals surface area contributed by atoms with Crippen LogP contribution in [-0.4, -0.2) is 19.2 Å². The Kier molecular flexibility index (Phi) is 18.4. The number of anilines is 2. The third-order valence-corrected chi connectivity index (χ3v) is 5.72. The maximum absolute atomic E-state index is 12.8. The van der Waals surface area contributed by atoms with Crippen LogP contribution in [0.25, 0.3) is 5.57 Å². The molecule has 0 fully saturated rings. The number of carbonyl (C=O) groups excluding carboxylic acids is 2. The first kappa shape index (κ1) is 34.3. The molecule has 206 valence electrons. The first-order valence-electron chi connectivity index (χ1n) is 13.3. The molecule has 0 bridgehead atoms. The molecule has 1 aliphatic carbocycles. The van der Waals surface area contributed by atoms with E-state index in [2.05, 4.69) is 55.4 Å². The number of benzene rings is 1. The normalized spacial score (nSPS) is 19.2. The lowest BCUT2D eigenvalue weighted by Crippen LogP contribution is -2.18. The summed E-state index contributed by atoms with van der Waals surface area (Å²) in [5.74, 6) is 0.650. The molecule has 5 N–H and O–H groups in total. The Hall–Kier alpha value is -3.70. The lowest BCUT2D eigenvalue weighted by Gasteiger charge is -2.19. The van der Waals surface area contributed by atoms with Crippen LogP contribution in [0.4, 0.5) is 11.4 Å². The number of allylic oxidation sites excluding steroid dienone is 12. The highest BCUT2D eigenvalue weighted by Crippen LogP contribution is 2.31. The summed E-state index contributed by atoms with van der Waals surface area (Å²) in [4.78, 5) is 24.7. The van der Waals surface area contributed by atoms with Gasteiger partial charge in [-0.05, 0) is 62.8 Å². The summed E-state index contributed by atoms with van der Waals surface area (Å²) < 4.78 is 0. The summed E-state index contributed by atoms with van der Waals surface area (Å²) in [7, 11) is 1.50. The van der Waals surface area contributed by atoms with Crippen molar-refractivity contribution in [2.75, 3.05) is 18.1 Å². The molecule has 2 rings (SSSR count). The van der Waals surface area contributed by atoms with Crippen LogP contribution in [0.15, 0.2) is 91.6 Å². The van der Waals surface area contributed by atoms with Crippen molar-refractivity contribution in [3.63, 3.8) is 0 Å². The van der Waals surface area contributed by atoms with Gasteiger partial charge in [0.05, 0.1) is 0 Å². The zero-order valence-electron chi connectivity index (χ0n) is 23.9. The molecular formula is C33H47N3O2. The van der Waals surface area contributed by atoms with Gasteiger partial charge in [0.1, 0.15) is 0 Å². The average Bonchev–Trinajstić information content (AvgIpc) is 3.01. The third kappa shape index (κ3) is 12.5. The Morgan fingerprint density at radius 3 is 2.50 bits per heavy atom. The Morgan fingerprint density at radius 2 is 1.87 bits per heavy atom. The maximum Gasteiger partial charge on any atom is 0.224 e. The number of amides is 1. The molecule has 1 aliphatic rings. The van der Waals surface area contributed by atoms with Gasteiger partial charge in [0.15, 0.2) is 6.29 Å². The minimum atomic E-state index is -0.0688. The summed E-state index contributed by atoms with van der Waals surface area (Å²) in [6.07, 6.45) is 23.5. The second-order valence-electron chi connectivity index (χ2n) is 8.70. The number of nitrogens with two attached hydrogens (primary N) is 2. The topological polar surface area (TPSA) is 98.2 Å². The average molecular weight is 518 g/mol. The predicted molar refractivity (Wildman–Crippen MR) is 167 cm³/mol. The summed E-state index contributed by atoms with van der Waals surface area (Å²) in [6.45, 7) is 15.7. The molecule has 5 nitrogen and oxygen atoms in total. The van der Waals surface area contributed by atoms with E-state index in [4.69, 9.17) is 5.73 Å². The third-order valence-electron chi connectivity index (χ3n) is 5.72. The van der Waals surface area contributed by atoms with Crippen LogP contribution in [-0.2, 0) is 4.79 Å². The van der Waals surface area contributed by atoms with Gasteiger partial charge in [-0.3, -0.25) is 9.59 Å². The summed E-state index contributed by atoms with van der Waals surface area (Å²) in [6, 6.07) is 3.37. The van der Waals surface area contributed by atoms with E-state index in [9.17, 15) is 9.59 Å². The minimum Gasteiger partial charge on any atom is -0.398 e. The fourth-order valence-electron chi connectivity index (χ4n) is 4.14. The monoisotopic (exact) mass is 517 g/mol. The van der Waals surface area contributed by atoms with Crippen LogP contribution >= 0.6 is 0 Å². The lowest BCUT2D eigenvalue weighted by atomic mass is 9.89. The number of hydrogen-bond acceptors (Lipinski definition) is 4. The van der Waals surface area contributed by atoms with Crippen molar-refractivity contribution in [1.29, 1.82) is 0 Å². The van der Waals surface area contributed by atoms with E-state index in [1.54, 1.807) is 24.3 Å². The molecule has 0 spiro atoms. The van der Waals surface area contributed by atoms with E-state index in [1.807, 2.05) is 45.1 Å². The molecule has 38 heavy (non-hydrogen) atoms. The van der Waals surface area contributed by atoms with Gasteiger partial charge >= 0.3 is 0 Å². The zero-order chi connectivity index (χ0) is 28.9. The van der Waals surface area contributed by atoms with E-state index in [0.29, 0.717) is 40.8 Å². The lowest BCUT2D eigenvalue weighted by molar-refractivity contribution is -0.117. The zero-order valence-corrected chi connectivity index (χ0v) is 23.9. The fourth-order valence-corrected chi connectivity index (χ4v) is 4.14. The molecule has 0 radical (unpaired) electrons. The number of rotatable bonds is 9.